The second-order valence-corrected chi connectivity index (χ2v) is 10.2. The molecule has 33 heavy (non-hydrogen) atoms. The van der Waals surface area contributed by atoms with Crippen molar-refractivity contribution in [1.82, 2.24) is 0 Å². The minimum Gasteiger partial charge on any atom is -0.449 e. The molecule has 0 fully saturated rings. The Hall–Kier alpha value is -3.39. The number of ether oxygens (including phenoxy) is 1. The van der Waals surface area contributed by atoms with Gasteiger partial charge in [0.05, 0.1) is 10.9 Å². The van der Waals surface area contributed by atoms with Gasteiger partial charge in [0.25, 0.3) is 5.69 Å². The van der Waals surface area contributed by atoms with Crippen LogP contribution in [-0.4, -0.2) is 0 Å². The molecule has 1 aliphatic heterocycles. The summed E-state index contributed by atoms with van der Waals surface area (Å²) in [6.45, 7) is 11.2. The molecule has 0 unspecified atom stereocenters. The van der Waals surface area contributed by atoms with E-state index in [9.17, 15) is 0 Å². The number of pyridine rings is 1. The molecule has 0 bridgehead atoms. The van der Waals surface area contributed by atoms with Gasteiger partial charge in [0.1, 0.15) is 12.8 Å². The van der Waals surface area contributed by atoms with Crippen molar-refractivity contribution in [2.45, 2.75) is 41.0 Å². The molecule has 0 amide bonds. The lowest BCUT2D eigenvalue weighted by molar-refractivity contribution is -0.633. The van der Waals surface area contributed by atoms with Crippen LogP contribution in [0.15, 0.2) is 54.6 Å². The highest BCUT2D eigenvalue weighted by Crippen LogP contribution is 2.50. The third-order valence-electron chi connectivity index (χ3n) is 7.30. The molecule has 6 rings (SSSR count). The van der Waals surface area contributed by atoms with Gasteiger partial charge in [-0.1, -0.05) is 50.2 Å². The molecule has 0 atom stereocenters. The Morgan fingerprint density at radius 2 is 1.61 bits per heavy atom. The van der Waals surface area contributed by atoms with Crippen molar-refractivity contribution >= 4 is 32.4 Å². The third-order valence-corrected chi connectivity index (χ3v) is 7.30. The van der Waals surface area contributed by atoms with Crippen LogP contribution in [0, 0.1) is 26.7 Å². The fourth-order valence-corrected chi connectivity index (χ4v) is 5.66. The van der Waals surface area contributed by atoms with Gasteiger partial charge in [0.2, 0.25) is 11.3 Å². The van der Waals surface area contributed by atoms with Crippen LogP contribution in [0.2, 0.25) is 0 Å². The van der Waals surface area contributed by atoms with Gasteiger partial charge in [-0.05, 0) is 78.1 Å². The summed E-state index contributed by atoms with van der Waals surface area (Å²) >= 11 is 0. The van der Waals surface area contributed by atoms with Crippen molar-refractivity contribution < 1.29 is 9.30 Å². The zero-order valence-electron chi connectivity index (χ0n) is 20.3. The fraction of sp³-hybridized carbons (Fsp3) is 0.258. The fourth-order valence-electron chi connectivity index (χ4n) is 5.66. The second-order valence-electron chi connectivity index (χ2n) is 10.2. The number of rotatable bonds is 2. The lowest BCUT2D eigenvalue weighted by Crippen LogP contribution is -2.34. The topological polar surface area (TPSA) is 13.1 Å². The summed E-state index contributed by atoms with van der Waals surface area (Å²) in [7, 11) is 2.20. The van der Waals surface area contributed by atoms with Gasteiger partial charge in [0, 0.05) is 17.0 Å². The average Bonchev–Trinajstić information content (AvgIpc) is 2.78. The van der Waals surface area contributed by atoms with Crippen molar-refractivity contribution in [1.29, 1.82) is 0 Å². The Morgan fingerprint density at radius 3 is 2.33 bits per heavy atom. The molecule has 2 nitrogen and oxygen atoms in total. The number of nitrogens with zero attached hydrogens (tertiary/aromatic N) is 1. The van der Waals surface area contributed by atoms with Gasteiger partial charge in [0.15, 0.2) is 0 Å². The van der Waals surface area contributed by atoms with Gasteiger partial charge < -0.3 is 4.74 Å². The lowest BCUT2D eigenvalue weighted by Gasteiger charge is -2.25. The summed E-state index contributed by atoms with van der Waals surface area (Å²) in [5.41, 5.74) is 9.00. The van der Waals surface area contributed by atoms with E-state index in [2.05, 4.69) is 101 Å². The van der Waals surface area contributed by atoms with Crippen molar-refractivity contribution in [3.05, 3.63) is 76.9 Å². The Morgan fingerprint density at radius 1 is 0.879 bits per heavy atom. The summed E-state index contributed by atoms with van der Waals surface area (Å²) in [5.74, 6) is 2.54. The SMILES string of the molecule is Cc1cc2c3c(c(C)c(C)cc3c1)-c1c(c(CC(C)C)c3cc4ccccc4cc3[n+]1C)O2. The number of fused-ring (bicyclic) bond motifs is 4. The van der Waals surface area contributed by atoms with E-state index in [-0.39, 0.29) is 0 Å². The smallest absolute Gasteiger partial charge is 0.257 e. The van der Waals surface area contributed by atoms with Crippen LogP contribution in [0.3, 0.4) is 0 Å². The molecule has 0 saturated heterocycles. The number of hydrogen-bond acceptors (Lipinski definition) is 1. The highest BCUT2D eigenvalue weighted by molar-refractivity contribution is 6.07. The average molecular weight is 433 g/mol. The van der Waals surface area contributed by atoms with E-state index in [0.717, 1.165) is 17.9 Å². The van der Waals surface area contributed by atoms with Gasteiger partial charge in [-0.25, -0.2) is 0 Å². The first-order valence-electron chi connectivity index (χ1n) is 11.9. The van der Waals surface area contributed by atoms with Gasteiger partial charge in [-0.15, -0.1) is 0 Å². The predicted octanol–water partition coefficient (Wildman–Crippen LogP) is 7.87. The van der Waals surface area contributed by atoms with E-state index >= 15 is 0 Å². The van der Waals surface area contributed by atoms with E-state index in [0.29, 0.717) is 5.92 Å². The van der Waals surface area contributed by atoms with Crippen LogP contribution in [0.4, 0.5) is 0 Å². The number of aryl methyl sites for hydroxylation is 3. The Kier molecular flexibility index (Phi) is 4.32. The van der Waals surface area contributed by atoms with E-state index in [4.69, 9.17) is 4.74 Å². The molecule has 0 saturated carbocycles. The van der Waals surface area contributed by atoms with Crippen LogP contribution in [0.25, 0.3) is 43.7 Å². The lowest BCUT2D eigenvalue weighted by atomic mass is 9.87. The minimum absolute atomic E-state index is 0.526. The molecule has 2 heteroatoms. The summed E-state index contributed by atoms with van der Waals surface area (Å²) in [5, 5.41) is 6.34. The largest absolute Gasteiger partial charge is 0.449 e. The first-order chi connectivity index (χ1) is 15.8. The van der Waals surface area contributed by atoms with Gasteiger partial charge in [-0.2, -0.15) is 4.57 Å². The summed E-state index contributed by atoms with van der Waals surface area (Å²) in [6, 6.07) is 20.2. The normalized spacial score (nSPS) is 12.6. The number of aromatic nitrogens is 1. The third kappa shape index (κ3) is 2.90. The monoisotopic (exact) mass is 432 g/mol. The molecule has 0 aliphatic carbocycles. The maximum atomic E-state index is 6.84. The summed E-state index contributed by atoms with van der Waals surface area (Å²) in [6.07, 6.45) is 0.979. The maximum absolute atomic E-state index is 6.84. The van der Waals surface area contributed by atoms with E-state index < -0.39 is 0 Å². The molecule has 1 aliphatic rings. The summed E-state index contributed by atoms with van der Waals surface area (Å²) in [4.78, 5) is 0. The first-order valence-corrected chi connectivity index (χ1v) is 11.9. The standard InChI is InChI=1S/C31H30NO/c1-17(2)11-25-24-15-21-9-7-8-10-22(21)16-26(24)32(6)30-28-20(5)19(4)14-23-12-18(3)13-27(29(23)28)33-31(25)30/h7-10,12-17H,11H2,1-6H3/q+1. The van der Waals surface area contributed by atoms with Crippen molar-refractivity contribution in [3.8, 4) is 22.8 Å². The molecule has 1 aromatic heterocycles. The molecular weight excluding hydrogens is 402 g/mol. The molecule has 0 radical (unpaired) electrons. The Balaban J connectivity index is 1.84. The molecule has 2 heterocycles. The number of benzene rings is 4. The highest BCUT2D eigenvalue weighted by atomic mass is 16.5. The maximum Gasteiger partial charge on any atom is 0.257 e. The second kappa shape index (κ2) is 7.05. The Bertz CT molecular complexity index is 1620. The van der Waals surface area contributed by atoms with Crippen LogP contribution >= 0.6 is 0 Å². The van der Waals surface area contributed by atoms with Crippen LogP contribution in [0.5, 0.6) is 11.5 Å². The van der Waals surface area contributed by atoms with E-state index in [1.807, 2.05) is 0 Å². The van der Waals surface area contributed by atoms with Gasteiger partial charge >= 0.3 is 0 Å². The van der Waals surface area contributed by atoms with Crippen LogP contribution < -0.4 is 9.30 Å². The molecule has 0 N–H and O–H groups in total. The van der Waals surface area contributed by atoms with Crippen molar-refractivity contribution in [2.24, 2.45) is 13.0 Å². The zero-order valence-corrected chi connectivity index (χ0v) is 20.3. The molecule has 4 aromatic carbocycles. The molecule has 164 valence electrons. The molecule has 5 aromatic rings. The van der Waals surface area contributed by atoms with Gasteiger partial charge in [-0.3, -0.25) is 0 Å². The molecule has 0 spiro atoms. The van der Waals surface area contributed by atoms with E-state index in [1.165, 1.54) is 66.0 Å². The van der Waals surface area contributed by atoms with Crippen molar-refractivity contribution in [2.75, 3.05) is 0 Å². The number of hydrogen-bond donors (Lipinski definition) is 0. The molecular formula is C31H30NO+. The van der Waals surface area contributed by atoms with Crippen LogP contribution in [0.1, 0.15) is 36.1 Å². The first kappa shape index (κ1) is 20.2. The van der Waals surface area contributed by atoms with Crippen LogP contribution in [-0.2, 0) is 13.5 Å². The quantitative estimate of drug-likeness (QED) is 0.200. The highest BCUT2D eigenvalue weighted by Gasteiger charge is 2.34. The summed E-state index contributed by atoms with van der Waals surface area (Å²) < 4.78 is 9.20. The van der Waals surface area contributed by atoms with E-state index in [1.54, 1.807) is 0 Å². The minimum atomic E-state index is 0.526. The predicted molar refractivity (Wildman–Crippen MR) is 138 cm³/mol. The Labute approximate surface area is 195 Å². The van der Waals surface area contributed by atoms with Crippen molar-refractivity contribution in [3.63, 3.8) is 0 Å². The zero-order chi connectivity index (χ0) is 23.0.